The van der Waals surface area contributed by atoms with Gasteiger partial charge in [-0.25, -0.2) is 4.99 Å². The molecule has 0 heterocycles. The van der Waals surface area contributed by atoms with Crippen molar-refractivity contribution >= 4 is 5.96 Å². The van der Waals surface area contributed by atoms with Gasteiger partial charge in [0.05, 0.1) is 20.3 Å². The Morgan fingerprint density at radius 3 is 2.52 bits per heavy atom. The van der Waals surface area contributed by atoms with Crippen LogP contribution in [0.5, 0.6) is 11.5 Å². The first-order valence-corrected chi connectivity index (χ1v) is 11.2. The smallest absolute Gasteiger partial charge is 0.191 e. The zero-order valence-corrected chi connectivity index (χ0v) is 18.7. The second-order valence-electron chi connectivity index (χ2n) is 7.96. The molecule has 0 bridgehead atoms. The summed E-state index contributed by atoms with van der Waals surface area (Å²) in [5.74, 6) is 2.10. The quantitative estimate of drug-likeness (QED) is 0.400. The van der Waals surface area contributed by atoms with Crippen molar-refractivity contribution in [1.29, 1.82) is 0 Å². The summed E-state index contributed by atoms with van der Waals surface area (Å²) in [5.41, 5.74) is 2.62. The van der Waals surface area contributed by atoms with Crippen molar-refractivity contribution in [1.82, 2.24) is 10.6 Å². The Morgan fingerprint density at radius 2 is 1.84 bits per heavy atom. The van der Waals surface area contributed by atoms with Crippen LogP contribution >= 0.6 is 0 Å². The van der Waals surface area contributed by atoms with Crippen LogP contribution in [0.1, 0.15) is 43.7 Å². The molecule has 1 aliphatic rings. The maximum atomic E-state index is 8.96. The van der Waals surface area contributed by atoms with E-state index in [4.69, 9.17) is 19.6 Å². The molecule has 168 valence electrons. The van der Waals surface area contributed by atoms with Crippen LogP contribution in [0.3, 0.4) is 0 Å². The van der Waals surface area contributed by atoms with Gasteiger partial charge in [-0.1, -0.05) is 49.2 Å². The highest BCUT2D eigenvalue weighted by Gasteiger charge is 2.35. The van der Waals surface area contributed by atoms with Gasteiger partial charge in [0.2, 0.25) is 0 Å². The molecule has 2 aromatic rings. The number of rotatable bonds is 10. The number of nitrogens with one attached hydrogen (secondary N) is 2. The van der Waals surface area contributed by atoms with E-state index in [0.717, 1.165) is 24.6 Å². The van der Waals surface area contributed by atoms with E-state index >= 15 is 0 Å². The average Bonchev–Trinajstić information content (AvgIpc) is 3.30. The fourth-order valence-corrected chi connectivity index (χ4v) is 4.26. The molecule has 1 saturated carbocycles. The third kappa shape index (κ3) is 6.14. The third-order valence-electron chi connectivity index (χ3n) is 5.88. The van der Waals surface area contributed by atoms with Gasteiger partial charge >= 0.3 is 0 Å². The predicted molar refractivity (Wildman–Crippen MR) is 125 cm³/mol. The van der Waals surface area contributed by atoms with Crippen LogP contribution in [0, 0.1) is 0 Å². The van der Waals surface area contributed by atoms with E-state index in [1.807, 2.05) is 18.2 Å². The number of aliphatic hydroxyl groups is 1. The molecule has 31 heavy (non-hydrogen) atoms. The van der Waals surface area contributed by atoms with E-state index in [1.165, 1.54) is 31.2 Å². The van der Waals surface area contributed by atoms with Crippen molar-refractivity contribution in [3.63, 3.8) is 0 Å². The molecule has 0 aromatic heterocycles. The van der Waals surface area contributed by atoms with Crippen molar-refractivity contribution in [3.8, 4) is 11.5 Å². The van der Waals surface area contributed by atoms with Gasteiger partial charge in [0, 0.05) is 18.5 Å². The highest BCUT2D eigenvalue weighted by atomic mass is 16.5. The van der Waals surface area contributed by atoms with Crippen molar-refractivity contribution in [2.75, 3.05) is 33.4 Å². The lowest BCUT2D eigenvalue weighted by molar-refractivity contribution is 0.196. The zero-order valence-electron chi connectivity index (χ0n) is 18.7. The number of ether oxygens (including phenoxy) is 2. The Bertz CT molecular complexity index is 833. The molecule has 3 rings (SSSR count). The second-order valence-corrected chi connectivity index (χ2v) is 7.96. The molecule has 6 heteroatoms. The number of hydrogen-bond acceptors (Lipinski definition) is 4. The summed E-state index contributed by atoms with van der Waals surface area (Å²) in [5, 5.41) is 15.9. The number of benzene rings is 2. The van der Waals surface area contributed by atoms with Crippen LogP contribution in [0.15, 0.2) is 53.5 Å². The normalized spacial score (nSPS) is 15.5. The third-order valence-corrected chi connectivity index (χ3v) is 5.88. The Labute approximate surface area is 185 Å². The first-order valence-electron chi connectivity index (χ1n) is 11.2. The molecule has 0 spiro atoms. The van der Waals surface area contributed by atoms with Crippen LogP contribution in [0.4, 0.5) is 0 Å². The summed E-state index contributed by atoms with van der Waals surface area (Å²) in [6.45, 7) is 4.50. The summed E-state index contributed by atoms with van der Waals surface area (Å²) >= 11 is 0. The molecule has 0 saturated heterocycles. The predicted octanol–water partition coefficient (Wildman–Crippen LogP) is 3.63. The first-order chi connectivity index (χ1) is 15.2. The highest BCUT2D eigenvalue weighted by Crippen LogP contribution is 2.40. The highest BCUT2D eigenvalue weighted by molar-refractivity contribution is 5.79. The van der Waals surface area contributed by atoms with E-state index in [2.05, 4.69) is 47.9 Å². The lowest BCUT2D eigenvalue weighted by Crippen LogP contribution is -2.44. The van der Waals surface area contributed by atoms with Crippen molar-refractivity contribution in [2.45, 2.75) is 44.6 Å². The molecule has 1 fully saturated rings. The number of aliphatic hydroxyl groups excluding tert-OH is 1. The number of hydrogen-bond donors (Lipinski definition) is 3. The molecule has 2 aromatic carbocycles. The summed E-state index contributed by atoms with van der Waals surface area (Å²) in [7, 11) is 1.62. The molecule has 0 amide bonds. The molecule has 0 aliphatic heterocycles. The van der Waals surface area contributed by atoms with Gasteiger partial charge in [-0.05, 0) is 43.0 Å². The fraction of sp³-hybridized carbons (Fsp3) is 0.480. The summed E-state index contributed by atoms with van der Waals surface area (Å²) in [4.78, 5) is 4.79. The van der Waals surface area contributed by atoms with Crippen LogP contribution in [0.2, 0.25) is 0 Å². The van der Waals surface area contributed by atoms with Gasteiger partial charge < -0.3 is 25.2 Å². The maximum absolute atomic E-state index is 8.96. The van der Waals surface area contributed by atoms with E-state index in [1.54, 1.807) is 7.11 Å². The maximum Gasteiger partial charge on any atom is 0.191 e. The number of aliphatic imine (C=N–C) groups is 1. The fourth-order valence-electron chi connectivity index (χ4n) is 4.26. The Hall–Kier alpha value is -2.73. The van der Waals surface area contributed by atoms with Crippen molar-refractivity contribution in [3.05, 3.63) is 59.7 Å². The number of methoxy groups -OCH3 is 1. The first kappa shape index (κ1) is 22.9. The molecule has 0 atom stereocenters. The average molecular weight is 426 g/mol. The molecular weight excluding hydrogens is 390 g/mol. The molecule has 6 nitrogen and oxygen atoms in total. The standard InChI is InChI=1S/C25H35N3O3/c1-3-26-24(27-18-20-11-12-22(31-16-15-29)23(17-20)30-2)28-19-25(13-7-8-14-25)21-9-5-4-6-10-21/h4-6,9-12,17,29H,3,7-8,13-16,18-19H2,1-2H3,(H2,26,27,28). The lowest BCUT2D eigenvalue weighted by atomic mass is 9.79. The summed E-state index contributed by atoms with van der Waals surface area (Å²) in [6, 6.07) is 16.6. The Kier molecular flexibility index (Phi) is 8.59. The molecule has 0 radical (unpaired) electrons. The van der Waals surface area contributed by atoms with Crippen LogP contribution in [-0.2, 0) is 12.0 Å². The van der Waals surface area contributed by atoms with Gasteiger partial charge in [-0.3, -0.25) is 0 Å². The van der Waals surface area contributed by atoms with Crippen LogP contribution in [0.25, 0.3) is 0 Å². The van der Waals surface area contributed by atoms with Gasteiger partial charge in [-0.15, -0.1) is 0 Å². The topological polar surface area (TPSA) is 75.1 Å². The molecular formula is C25H35N3O3. The van der Waals surface area contributed by atoms with E-state index in [9.17, 15) is 0 Å². The van der Waals surface area contributed by atoms with Crippen molar-refractivity contribution < 1.29 is 14.6 Å². The minimum atomic E-state index is -0.0304. The molecule has 3 N–H and O–H groups in total. The lowest BCUT2D eigenvalue weighted by Gasteiger charge is -2.30. The van der Waals surface area contributed by atoms with Gasteiger partial charge in [-0.2, -0.15) is 0 Å². The minimum absolute atomic E-state index is 0.0304. The second kappa shape index (κ2) is 11.6. The molecule has 1 aliphatic carbocycles. The monoisotopic (exact) mass is 425 g/mol. The number of guanidine groups is 1. The molecule has 0 unspecified atom stereocenters. The SMILES string of the molecule is CCNC(=NCc1ccc(OCCO)c(OC)c1)NCC1(c2ccccc2)CCCC1. The van der Waals surface area contributed by atoms with Gasteiger partial charge in [0.1, 0.15) is 6.61 Å². The van der Waals surface area contributed by atoms with E-state index in [0.29, 0.717) is 18.0 Å². The van der Waals surface area contributed by atoms with Gasteiger partial charge in [0.15, 0.2) is 17.5 Å². The Balaban J connectivity index is 1.69. The summed E-state index contributed by atoms with van der Waals surface area (Å²) in [6.07, 6.45) is 4.95. The Morgan fingerprint density at radius 1 is 1.06 bits per heavy atom. The zero-order chi connectivity index (χ0) is 21.9. The largest absolute Gasteiger partial charge is 0.493 e. The van der Waals surface area contributed by atoms with Crippen LogP contribution in [-0.4, -0.2) is 44.5 Å². The summed E-state index contributed by atoms with van der Waals surface area (Å²) < 4.78 is 10.9. The number of nitrogens with zero attached hydrogens (tertiary/aromatic N) is 1. The van der Waals surface area contributed by atoms with E-state index in [-0.39, 0.29) is 18.6 Å². The van der Waals surface area contributed by atoms with Crippen molar-refractivity contribution in [2.24, 2.45) is 4.99 Å². The van der Waals surface area contributed by atoms with E-state index < -0.39 is 0 Å². The van der Waals surface area contributed by atoms with Crippen LogP contribution < -0.4 is 20.1 Å². The van der Waals surface area contributed by atoms with Gasteiger partial charge in [0.25, 0.3) is 0 Å². The minimum Gasteiger partial charge on any atom is -0.493 e.